The minimum atomic E-state index is -0.285. The lowest BCUT2D eigenvalue weighted by Gasteiger charge is -2.49. The van der Waals surface area contributed by atoms with Crippen molar-refractivity contribution in [2.24, 2.45) is 5.92 Å². The highest BCUT2D eigenvalue weighted by Crippen LogP contribution is 2.54. The standard InChI is InChI=1S/C20H26O2/c1-3-19-9-10-20(21-11-12-22-20)14-17(19)6-4-5-16-13-15(2)7-8-18(16)19/h4-5,7-8,13,17H,3,6,9-12,14H2,1-2H3/t17-,19+/m0/s1. The molecule has 2 fully saturated rings. The van der Waals surface area contributed by atoms with E-state index in [0.29, 0.717) is 5.92 Å². The maximum Gasteiger partial charge on any atom is 0.168 e. The van der Waals surface area contributed by atoms with Crippen LogP contribution in [0.15, 0.2) is 24.3 Å². The van der Waals surface area contributed by atoms with Gasteiger partial charge in [-0.3, -0.25) is 0 Å². The van der Waals surface area contributed by atoms with Gasteiger partial charge >= 0.3 is 0 Å². The minimum absolute atomic E-state index is 0.285. The summed E-state index contributed by atoms with van der Waals surface area (Å²) in [5.74, 6) is 0.330. The first-order valence-electron chi connectivity index (χ1n) is 8.73. The van der Waals surface area contributed by atoms with Crippen LogP contribution in [0, 0.1) is 12.8 Å². The molecule has 2 aliphatic carbocycles. The lowest BCUT2D eigenvalue weighted by Crippen LogP contribution is -2.48. The number of fused-ring (bicyclic) bond motifs is 3. The Hall–Kier alpha value is -1.12. The van der Waals surface area contributed by atoms with Crippen molar-refractivity contribution in [3.8, 4) is 0 Å². The molecule has 1 aromatic carbocycles. The van der Waals surface area contributed by atoms with Gasteiger partial charge in [0, 0.05) is 12.8 Å². The maximum absolute atomic E-state index is 6.02. The van der Waals surface area contributed by atoms with Crippen LogP contribution in [0.2, 0.25) is 0 Å². The van der Waals surface area contributed by atoms with Crippen molar-refractivity contribution in [1.82, 2.24) is 0 Å². The van der Waals surface area contributed by atoms with E-state index < -0.39 is 0 Å². The molecule has 0 radical (unpaired) electrons. The van der Waals surface area contributed by atoms with Crippen molar-refractivity contribution in [2.75, 3.05) is 13.2 Å². The van der Waals surface area contributed by atoms with E-state index in [-0.39, 0.29) is 11.2 Å². The smallest absolute Gasteiger partial charge is 0.168 e. The number of hydrogen-bond acceptors (Lipinski definition) is 2. The molecule has 1 saturated carbocycles. The van der Waals surface area contributed by atoms with E-state index in [0.717, 1.165) is 32.5 Å². The average molecular weight is 298 g/mol. The van der Waals surface area contributed by atoms with Crippen molar-refractivity contribution in [3.05, 3.63) is 41.0 Å². The Morgan fingerprint density at radius 3 is 2.77 bits per heavy atom. The molecule has 0 bridgehead atoms. The van der Waals surface area contributed by atoms with Crippen molar-refractivity contribution in [3.63, 3.8) is 0 Å². The summed E-state index contributed by atoms with van der Waals surface area (Å²) in [6.45, 7) is 6.07. The molecule has 1 aromatic rings. The van der Waals surface area contributed by atoms with Crippen LogP contribution in [-0.2, 0) is 14.9 Å². The largest absolute Gasteiger partial charge is 0.348 e. The summed E-state index contributed by atoms with van der Waals surface area (Å²) in [5, 5.41) is 0. The zero-order valence-corrected chi connectivity index (χ0v) is 13.7. The first-order valence-corrected chi connectivity index (χ1v) is 8.73. The molecule has 0 aromatic heterocycles. The van der Waals surface area contributed by atoms with Gasteiger partial charge in [-0.2, -0.15) is 0 Å². The predicted octanol–water partition coefficient (Wildman–Crippen LogP) is 4.60. The van der Waals surface area contributed by atoms with Gasteiger partial charge in [0.15, 0.2) is 5.79 Å². The molecule has 2 heteroatoms. The van der Waals surface area contributed by atoms with Gasteiger partial charge in [-0.05, 0) is 48.6 Å². The third kappa shape index (κ3) is 2.08. The third-order valence-corrected chi connectivity index (χ3v) is 6.20. The summed E-state index contributed by atoms with van der Waals surface area (Å²) >= 11 is 0. The van der Waals surface area contributed by atoms with Gasteiger partial charge in [0.25, 0.3) is 0 Å². The molecule has 22 heavy (non-hydrogen) atoms. The Kier molecular flexibility index (Phi) is 3.43. The zero-order valence-electron chi connectivity index (χ0n) is 13.7. The van der Waals surface area contributed by atoms with E-state index in [2.05, 4.69) is 44.2 Å². The molecule has 4 rings (SSSR count). The highest BCUT2D eigenvalue weighted by molar-refractivity contribution is 5.59. The quantitative estimate of drug-likeness (QED) is 0.754. The Balaban J connectivity index is 1.77. The molecule has 1 saturated heterocycles. The van der Waals surface area contributed by atoms with Crippen LogP contribution in [0.3, 0.4) is 0 Å². The normalized spacial score (nSPS) is 32.5. The maximum atomic E-state index is 6.02. The second-order valence-electron chi connectivity index (χ2n) is 7.25. The number of hydrogen-bond donors (Lipinski definition) is 0. The van der Waals surface area contributed by atoms with Crippen molar-refractivity contribution >= 4 is 6.08 Å². The van der Waals surface area contributed by atoms with Gasteiger partial charge in [-0.1, -0.05) is 42.8 Å². The van der Waals surface area contributed by atoms with E-state index >= 15 is 0 Å². The number of benzene rings is 1. The van der Waals surface area contributed by atoms with E-state index in [1.807, 2.05) is 0 Å². The van der Waals surface area contributed by atoms with Crippen LogP contribution >= 0.6 is 0 Å². The van der Waals surface area contributed by atoms with E-state index in [1.54, 1.807) is 5.56 Å². The molecule has 3 aliphatic rings. The number of aryl methyl sites for hydroxylation is 1. The average Bonchev–Trinajstić information content (AvgIpc) is 2.90. The molecule has 2 nitrogen and oxygen atoms in total. The molecule has 1 heterocycles. The second-order valence-corrected chi connectivity index (χ2v) is 7.25. The second kappa shape index (κ2) is 5.21. The monoisotopic (exact) mass is 298 g/mol. The lowest BCUT2D eigenvalue weighted by molar-refractivity contribution is -0.198. The van der Waals surface area contributed by atoms with Gasteiger partial charge < -0.3 is 9.47 Å². The van der Waals surface area contributed by atoms with Crippen molar-refractivity contribution < 1.29 is 9.47 Å². The highest BCUT2D eigenvalue weighted by atomic mass is 16.7. The molecular weight excluding hydrogens is 272 g/mol. The Morgan fingerprint density at radius 2 is 2.00 bits per heavy atom. The molecule has 1 spiro atoms. The van der Waals surface area contributed by atoms with Gasteiger partial charge in [-0.15, -0.1) is 0 Å². The van der Waals surface area contributed by atoms with E-state index in [9.17, 15) is 0 Å². The minimum Gasteiger partial charge on any atom is -0.348 e. The van der Waals surface area contributed by atoms with Crippen LogP contribution in [0.25, 0.3) is 6.08 Å². The first-order chi connectivity index (χ1) is 10.7. The van der Waals surface area contributed by atoms with Gasteiger partial charge in [0.05, 0.1) is 13.2 Å². The summed E-state index contributed by atoms with van der Waals surface area (Å²) in [4.78, 5) is 0. The molecule has 2 atom stereocenters. The van der Waals surface area contributed by atoms with Crippen LogP contribution in [0.1, 0.15) is 55.7 Å². The Bertz CT molecular complexity index is 598. The fourth-order valence-electron chi connectivity index (χ4n) is 5.00. The van der Waals surface area contributed by atoms with Gasteiger partial charge in [-0.25, -0.2) is 0 Å². The van der Waals surface area contributed by atoms with Crippen LogP contribution in [-0.4, -0.2) is 19.0 Å². The highest BCUT2D eigenvalue weighted by Gasteiger charge is 2.52. The Morgan fingerprint density at radius 1 is 1.18 bits per heavy atom. The van der Waals surface area contributed by atoms with Crippen LogP contribution in [0.4, 0.5) is 0 Å². The summed E-state index contributed by atoms with van der Waals surface area (Å²) in [6.07, 6.45) is 10.3. The summed E-state index contributed by atoms with van der Waals surface area (Å²) in [6, 6.07) is 7.00. The molecule has 0 unspecified atom stereocenters. The zero-order chi connectivity index (χ0) is 15.2. The van der Waals surface area contributed by atoms with Crippen LogP contribution in [0.5, 0.6) is 0 Å². The molecule has 118 valence electrons. The topological polar surface area (TPSA) is 18.5 Å². The van der Waals surface area contributed by atoms with Gasteiger partial charge in [0.2, 0.25) is 0 Å². The van der Waals surface area contributed by atoms with Crippen molar-refractivity contribution in [2.45, 2.75) is 57.2 Å². The fourth-order valence-corrected chi connectivity index (χ4v) is 5.00. The summed E-state index contributed by atoms with van der Waals surface area (Å²) in [5.41, 5.74) is 4.61. The third-order valence-electron chi connectivity index (χ3n) is 6.20. The number of allylic oxidation sites excluding steroid dienone is 1. The number of ether oxygens (including phenoxy) is 2. The first kappa shape index (κ1) is 14.5. The predicted molar refractivity (Wildman–Crippen MR) is 88.8 cm³/mol. The molecular formula is C20H26O2. The van der Waals surface area contributed by atoms with Crippen LogP contribution < -0.4 is 0 Å². The number of rotatable bonds is 1. The van der Waals surface area contributed by atoms with Gasteiger partial charge in [0.1, 0.15) is 0 Å². The fraction of sp³-hybridized carbons (Fsp3) is 0.600. The Labute approximate surface area is 133 Å². The molecule has 0 N–H and O–H groups in total. The lowest BCUT2D eigenvalue weighted by atomic mass is 9.58. The van der Waals surface area contributed by atoms with Crippen molar-refractivity contribution in [1.29, 1.82) is 0 Å². The summed E-state index contributed by atoms with van der Waals surface area (Å²) < 4.78 is 12.0. The molecule has 0 amide bonds. The summed E-state index contributed by atoms with van der Waals surface area (Å²) in [7, 11) is 0. The van der Waals surface area contributed by atoms with E-state index in [1.165, 1.54) is 24.0 Å². The van der Waals surface area contributed by atoms with E-state index in [4.69, 9.17) is 9.47 Å². The molecule has 1 aliphatic heterocycles. The SMILES string of the molecule is CC[C@@]12CCC3(C[C@@H]1CC=Cc1cc(C)ccc12)OCCO3.